The zero-order chi connectivity index (χ0) is 18.4. The molecule has 0 aliphatic heterocycles. The molecule has 0 spiro atoms. The van der Waals surface area contributed by atoms with E-state index in [1.165, 1.54) is 6.92 Å². The third-order valence-electron chi connectivity index (χ3n) is 4.68. The lowest BCUT2D eigenvalue weighted by Crippen LogP contribution is -2.19. The number of carbonyl (C=O) groups is 1. The zero-order valence-electron chi connectivity index (χ0n) is 14.3. The van der Waals surface area contributed by atoms with Crippen molar-refractivity contribution >= 4 is 28.5 Å². The molecule has 7 heteroatoms. The fraction of sp³-hybridized carbons (Fsp3) is 0.263. The van der Waals surface area contributed by atoms with Crippen molar-refractivity contribution in [2.24, 2.45) is 7.05 Å². The maximum atomic E-state index is 12.8. The van der Waals surface area contributed by atoms with Gasteiger partial charge in [0.05, 0.1) is 11.2 Å². The molecule has 0 radical (unpaired) electrons. The number of nitrogens with zero attached hydrogens (tertiary/aromatic N) is 3. The van der Waals surface area contributed by atoms with Crippen LogP contribution in [0.5, 0.6) is 0 Å². The van der Waals surface area contributed by atoms with Gasteiger partial charge in [-0.15, -0.1) is 0 Å². The van der Waals surface area contributed by atoms with Gasteiger partial charge in [-0.25, -0.2) is 4.98 Å². The molecule has 0 amide bonds. The van der Waals surface area contributed by atoms with Gasteiger partial charge in [0, 0.05) is 42.9 Å². The first-order valence-electron chi connectivity index (χ1n) is 8.25. The molecule has 0 aromatic carbocycles. The Morgan fingerprint density at radius 2 is 2.08 bits per heavy atom. The van der Waals surface area contributed by atoms with Gasteiger partial charge in [0.1, 0.15) is 11.3 Å². The van der Waals surface area contributed by atoms with E-state index >= 15 is 0 Å². The number of hydrogen-bond acceptors (Lipinski definition) is 5. The van der Waals surface area contributed by atoms with Crippen LogP contribution in [0.25, 0.3) is 22.0 Å². The summed E-state index contributed by atoms with van der Waals surface area (Å²) in [6.07, 6.45) is 4.48. The summed E-state index contributed by atoms with van der Waals surface area (Å²) < 4.78 is 6.87. The minimum Gasteiger partial charge on any atom is -0.456 e. The van der Waals surface area contributed by atoms with E-state index in [1.807, 2.05) is 12.1 Å². The number of carbonyl (C=O) groups excluding carboxylic acids is 1. The van der Waals surface area contributed by atoms with Gasteiger partial charge in [-0.05, 0) is 36.6 Å². The van der Waals surface area contributed by atoms with E-state index in [0.717, 1.165) is 34.1 Å². The van der Waals surface area contributed by atoms with Crippen LogP contribution in [0.15, 0.2) is 35.4 Å². The first kappa shape index (κ1) is 16.7. The number of fused-ring (bicyclic) bond motifs is 2. The van der Waals surface area contributed by atoms with Crippen LogP contribution < -0.4 is 5.56 Å². The minimum absolute atomic E-state index is 0.129. The molecule has 26 heavy (non-hydrogen) atoms. The van der Waals surface area contributed by atoms with E-state index in [1.54, 1.807) is 30.1 Å². The molecule has 1 atom stereocenters. The fourth-order valence-electron chi connectivity index (χ4n) is 3.44. The molecule has 3 aromatic rings. The van der Waals surface area contributed by atoms with Crippen LogP contribution in [0, 0.1) is 0 Å². The highest BCUT2D eigenvalue weighted by Gasteiger charge is 2.27. The monoisotopic (exact) mass is 369 g/mol. The van der Waals surface area contributed by atoms with Crippen molar-refractivity contribution in [2.75, 3.05) is 0 Å². The van der Waals surface area contributed by atoms with Gasteiger partial charge >= 0.3 is 5.97 Å². The van der Waals surface area contributed by atoms with E-state index in [-0.39, 0.29) is 17.6 Å². The van der Waals surface area contributed by atoms with Crippen LogP contribution in [0.4, 0.5) is 0 Å². The summed E-state index contributed by atoms with van der Waals surface area (Å²) in [5.41, 5.74) is 3.67. The molecule has 1 unspecified atom stereocenters. The predicted molar refractivity (Wildman–Crippen MR) is 98.1 cm³/mol. The van der Waals surface area contributed by atoms with Crippen LogP contribution in [-0.2, 0) is 23.0 Å². The largest absolute Gasteiger partial charge is 0.456 e. The number of halogens is 1. The summed E-state index contributed by atoms with van der Waals surface area (Å²) in [6.45, 7) is 1.39. The number of ether oxygens (including phenoxy) is 1. The SMILES string of the molecule is CC(=O)OC1CCc2cc(-c3cc4cnc(Cl)cc4n(C)c3=O)cnc21. The Labute approximate surface area is 154 Å². The van der Waals surface area contributed by atoms with Crippen molar-refractivity contribution < 1.29 is 9.53 Å². The number of pyridine rings is 3. The second-order valence-electron chi connectivity index (χ2n) is 6.39. The van der Waals surface area contributed by atoms with E-state index < -0.39 is 0 Å². The van der Waals surface area contributed by atoms with Crippen LogP contribution in [-0.4, -0.2) is 20.5 Å². The van der Waals surface area contributed by atoms with Crippen LogP contribution in [0.1, 0.15) is 30.7 Å². The average molecular weight is 370 g/mol. The molecule has 1 aliphatic rings. The number of hydrogen-bond donors (Lipinski definition) is 0. The minimum atomic E-state index is -0.316. The van der Waals surface area contributed by atoms with E-state index in [2.05, 4.69) is 9.97 Å². The summed E-state index contributed by atoms with van der Waals surface area (Å²) in [5.74, 6) is -0.316. The lowest BCUT2D eigenvalue weighted by molar-refractivity contribution is -0.146. The van der Waals surface area contributed by atoms with Crippen molar-refractivity contribution in [3.05, 3.63) is 57.4 Å². The lowest BCUT2D eigenvalue weighted by atomic mass is 10.0. The average Bonchev–Trinajstić information content (AvgIpc) is 3.00. The Morgan fingerprint density at radius 1 is 1.27 bits per heavy atom. The Kier molecular flexibility index (Phi) is 4.00. The Bertz CT molecular complexity index is 1110. The van der Waals surface area contributed by atoms with Gasteiger partial charge in [0.25, 0.3) is 5.56 Å². The summed E-state index contributed by atoms with van der Waals surface area (Å²) in [5, 5.41) is 1.17. The maximum absolute atomic E-state index is 12.8. The smallest absolute Gasteiger partial charge is 0.303 e. The third kappa shape index (κ3) is 2.76. The van der Waals surface area contributed by atoms with Crippen molar-refractivity contribution in [3.8, 4) is 11.1 Å². The molecule has 1 aliphatic carbocycles. The zero-order valence-corrected chi connectivity index (χ0v) is 15.1. The van der Waals surface area contributed by atoms with Gasteiger partial charge in [-0.3, -0.25) is 14.6 Å². The predicted octanol–water partition coefficient (Wildman–Crippen LogP) is 3.20. The molecule has 6 nitrogen and oxygen atoms in total. The summed E-state index contributed by atoms with van der Waals surface area (Å²) in [7, 11) is 1.71. The van der Waals surface area contributed by atoms with E-state index in [0.29, 0.717) is 17.1 Å². The Hall–Kier alpha value is -2.73. The molecule has 132 valence electrons. The summed E-state index contributed by atoms with van der Waals surface area (Å²) >= 11 is 5.94. The standard InChI is InChI=1S/C19H16ClN3O3/c1-10(24)26-16-4-3-11-5-12(8-22-18(11)16)14-6-13-9-21-17(20)7-15(13)23(2)19(14)25/h5-9,16H,3-4H2,1-2H3. The van der Waals surface area contributed by atoms with Gasteiger partial charge < -0.3 is 9.30 Å². The van der Waals surface area contributed by atoms with Crippen LogP contribution in [0.3, 0.4) is 0 Å². The molecule has 4 rings (SSSR count). The highest BCUT2D eigenvalue weighted by atomic mass is 35.5. The van der Waals surface area contributed by atoms with Gasteiger partial charge in [0.15, 0.2) is 0 Å². The van der Waals surface area contributed by atoms with Crippen LogP contribution >= 0.6 is 11.6 Å². The van der Waals surface area contributed by atoms with Crippen molar-refractivity contribution in [3.63, 3.8) is 0 Å². The highest BCUT2D eigenvalue weighted by molar-refractivity contribution is 6.30. The van der Waals surface area contributed by atoms with Gasteiger partial charge in [-0.2, -0.15) is 0 Å². The lowest BCUT2D eigenvalue weighted by Gasteiger charge is -2.12. The number of aromatic nitrogens is 3. The molecule has 0 fully saturated rings. The molecule has 3 aromatic heterocycles. The Morgan fingerprint density at radius 3 is 2.85 bits per heavy atom. The first-order chi connectivity index (χ1) is 12.4. The molecule has 0 N–H and O–H groups in total. The highest BCUT2D eigenvalue weighted by Crippen LogP contribution is 2.34. The topological polar surface area (TPSA) is 74.1 Å². The maximum Gasteiger partial charge on any atom is 0.303 e. The molecule has 0 saturated carbocycles. The molecular weight excluding hydrogens is 354 g/mol. The van der Waals surface area contributed by atoms with Gasteiger partial charge in [0.2, 0.25) is 0 Å². The summed E-state index contributed by atoms with van der Waals surface area (Å²) in [4.78, 5) is 32.6. The Balaban J connectivity index is 1.82. The second-order valence-corrected chi connectivity index (χ2v) is 6.78. The molecule has 3 heterocycles. The van der Waals surface area contributed by atoms with Crippen molar-refractivity contribution in [2.45, 2.75) is 25.9 Å². The number of rotatable bonds is 2. The quantitative estimate of drug-likeness (QED) is 0.512. The molecule has 0 bridgehead atoms. The van der Waals surface area contributed by atoms with Gasteiger partial charge in [-0.1, -0.05) is 11.6 Å². The third-order valence-corrected chi connectivity index (χ3v) is 4.88. The molecular formula is C19H16ClN3O3. The summed E-state index contributed by atoms with van der Waals surface area (Å²) in [6, 6.07) is 5.44. The number of esters is 1. The van der Waals surface area contributed by atoms with E-state index in [4.69, 9.17) is 16.3 Å². The second kappa shape index (κ2) is 6.21. The van der Waals surface area contributed by atoms with Crippen molar-refractivity contribution in [1.82, 2.24) is 14.5 Å². The number of aryl methyl sites for hydroxylation is 2. The first-order valence-corrected chi connectivity index (χ1v) is 8.63. The normalized spacial score (nSPS) is 15.9. The van der Waals surface area contributed by atoms with E-state index in [9.17, 15) is 9.59 Å². The van der Waals surface area contributed by atoms with Crippen LogP contribution in [0.2, 0.25) is 5.15 Å². The van der Waals surface area contributed by atoms with Crippen molar-refractivity contribution in [1.29, 1.82) is 0 Å². The fourth-order valence-corrected chi connectivity index (χ4v) is 3.60. The molecule has 0 saturated heterocycles.